The second-order valence-corrected chi connectivity index (χ2v) is 4.21. The number of fused-ring (bicyclic) bond motifs is 1. The van der Waals surface area contributed by atoms with Gasteiger partial charge >= 0.3 is 0 Å². The molecule has 3 aromatic rings. The zero-order valence-corrected chi connectivity index (χ0v) is 10.5. The van der Waals surface area contributed by atoms with Crippen molar-refractivity contribution in [2.24, 2.45) is 5.84 Å². The van der Waals surface area contributed by atoms with Gasteiger partial charge in [0.25, 0.3) is 5.56 Å². The average molecular weight is 268 g/mol. The minimum absolute atomic E-state index is 0.175. The zero-order chi connectivity index (χ0) is 13.9. The molecule has 0 amide bonds. The minimum Gasteiger partial charge on any atom is -0.307 e. The van der Waals surface area contributed by atoms with E-state index in [1.165, 1.54) is 12.4 Å². The molecule has 0 spiro atoms. The lowest BCUT2D eigenvalue weighted by atomic mass is 10.3. The van der Waals surface area contributed by atoms with Gasteiger partial charge in [0.1, 0.15) is 0 Å². The first-order valence-corrected chi connectivity index (χ1v) is 6.00. The molecule has 0 aliphatic rings. The Morgan fingerprint density at radius 1 is 1.10 bits per heavy atom. The zero-order valence-electron chi connectivity index (χ0n) is 10.5. The van der Waals surface area contributed by atoms with Gasteiger partial charge in [-0.25, -0.2) is 15.8 Å². The maximum absolute atomic E-state index is 12.0. The number of hydrogen-bond donors (Lipinski definition) is 2. The quantitative estimate of drug-likeness (QED) is 0.531. The summed E-state index contributed by atoms with van der Waals surface area (Å²) in [6, 6.07) is 7.46. The van der Waals surface area contributed by atoms with E-state index in [1.807, 2.05) is 24.3 Å². The third-order valence-electron chi connectivity index (χ3n) is 2.93. The van der Waals surface area contributed by atoms with Crippen LogP contribution in [0.25, 0.3) is 11.0 Å². The number of anilines is 1. The Morgan fingerprint density at radius 2 is 1.95 bits per heavy atom. The van der Waals surface area contributed by atoms with Gasteiger partial charge in [0.05, 0.1) is 41.9 Å². The lowest BCUT2D eigenvalue weighted by Gasteiger charge is -2.08. The molecule has 2 aromatic heterocycles. The molecule has 1 aromatic carbocycles. The molecule has 0 unspecified atom stereocenters. The fourth-order valence-electron chi connectivity index (χ4n) is 1.95. The predicted molar refractivity (Wildman–Crippen MR) is 74.9 cm³/mol. The molecule has 0 aliphatic carbocycles. The Hall–Kier alpha value is -2.80. The van der Waals surface area contributed by atoms with Crippen molar-refractivity contribution in [2.75, 3.05) is 5.43 Å². The molecule has 0 bridgehead atoms. The number of para-hydroxylation sites is 2. The van der Waals surface area contributed by atoms with Gasteiger partial charge in [-0.15, -0.1) is 0 Å². The third-order valence-corrected chi connectivity index (χ3v) is 2.93. The standard InChI is InChI=1S/C13H12N6O/c14-18-12-6-15-9(5-17-12)8-19-11-4-2-1-3-10(11)16-7-13(19)20/h1-7H,8,14H2,(H,17,18). The maximum atomic E-state index is 12.0. The van der Waals surface area contributed by atoms with E-state index >= 15 is 0 Å². The van der Waals surface area contributed by atoms with E-state index in [2.05, 4.69) is 20.4 Å². The second kappa shape index (κ2) is 5.06. The smallest absolute Gasteiger partial charge is 0.269 e. The highest BCUT2D eigenvalue weighted by molar-refractivity contribution is 5.74. The van der Waals surface area contributed by atoms with E-state index in [0.717, 1.165) is 11.0 Å². The monoisotopic (exact) mass is 268 g/mol. The summed E-state index contributed by atoms with van der Waals surface area (Å²) in [4.78, 5) is 24.4. The van der Waals surface area contributed by atoms with Gasteiger partial charge in [-0.05, 0) is 12.1 Å². The van der Waals surface area contributed by atoms with Crippen molar-refractivity contribution in [1.82, 2.24) is 19.5 Å². The van der Waals surface area contributed by atoms with Crippen molar-refractivity contribution < 1.29 is 0 Å². The van der Waals surface area contributed by atoms with E-state index in [9.17, 15) is 4.79 Å². The minimum atomic E-state index is -0.175. The molecular weight excluding hydrogens is 256 g/mol. The number of nitrogen functional groups attached to an aromatic ring is 1. The van der Waals surface area contributed by atoms with Crippen molar-refractivity contribution in [1.29, 1.82) is 0 Å². The largest absolute Gasteiger partial charge is 0.307 e. The van der Waals surface area contributed by atoms with Crippen LogP contribution in [0, 0.1) is 0 Å². The molecule has 0 fully saturated rings. The van der Waals surface area contributed by atoms with Crippen LogP contribution in [-0.2, 0) is 6.54 Å². The van der Waals surface area contributed by atoms with Crippen molar-refractivity contribution in [3.05, 3.63) is 58.9 Å². The number of hydrogen-bond acceptors (Lipinski definition) is 6. The van der Waals surface area contributed by atoms with E-state index in [-0.39, 0.29) is 5.56 Å². The van der Waals surface area contributed by atoms with Crippen LogP contribution in [0.5, 0.6) is 0 Å². The summed E-state index contributed by atoms with van der Waals surface area (Å²) in [6.07, 6.45) is 4.41. The summed E-state index contributed by atoms with van der Waals surface area (Å²) in [5.74, 6) is 5.71. The summed E-state index contributed by atoms with van der Waals surface area (Å²) in [6.45, 7) is 0.333. The highest BCUT2D eigenvalue weighted by atomic mass is 16.1. The molecule has 7 heteroatoms. The summed E-state index contributed by atoms with van der Waals surface area (Å²) in [5.41, 5.74) is 4.43. The summed E-state index contributed by atoms with van der Waals surface area (Å²) in [7, 11) is 0. The lowest BCUT2D eigenvalue weighted by Crippen LogP contribution is -2.21. The molecule has 7 nitrogen and oxygen atoms in total. The van der Waals surface area contributed by atoms with Crippen LogP contribution < -0.4 is 16.8 Å². The maximum Gasteiger partial charge on any atom is 0.269 e. The molecule has 20 heavy (non-hydrogen) atoms. The van der Waals surface area contributed by atoms with Crippen molar-refractivity contribution in [3.63, 3.8) is 0 Å². The molecule has 2 heterocycles. The second-order valence-electron chi connectivity index (χ2n) is 4.21. The Balaban J connectivity index is 2.05. The third kappa shape index (κ3) is 2.21. The molecule has 3 N–H and O–H groups in total. The number of nitrogens with two attached hydrogens (primary N) is 1. The Labute approximate surface area is 114 Å². The van der Waals surface area contributed by atoms with Crippen LogP contribution in [0.15, 0.2) is 47.7 Å². The van der Waals surface area contributed by atoms with E-state index in [1.54, 1.807) is 10.8 Å². The number of nitrogens with zero attached hydrogens (tertiary/aromatic N) is 4. The van der Waals surface area contributed by atoms with Crippen LogP contribution in [0.4, 0.5) is 5.82 Å². The molecular formula is C13H12N6O. The normalized spacial score (nSPS) is 10.7. The molecule has 0 saturated heterocycles. The fourth-order valence-corrected chi connectivity index (χ4v) is 1.95. The Bertz CT molecular complexity index is 796. The van der Waals surface area contributed by atoms with Crippen molar-refractivity contribution in [3.8, 4) is 0 Å². The lowest BCUT2D eigenvalue weighted by molar-refractivity contribution is 0.759. The molecule has 0 atom stereocenters. The number of rotatable bonds is 3. The molecule has 100 valence electrons. The van der Waals surface area contributed by atoms with Crippen LogP contribution >= 0.6 is 0 Å². The first-order valence-electron chi connectivity index (χ1n) is 6.00. The van der Waals surface area contributed by atoms with Gasteiger partial charge in [0, 0.05) is 0 Å². The SMILES string of the molecule is NNc1cnc(Cn2c(=O)cnc3ccccc32)cn1. The average Bonchev–Trinajstić information content (AvgIpc) is 2.51. The van der Waals surface area contributed by atoms with Crippen LogP contribution in [0.2, 0.25) is 0 Å². The van der Waals surface area contributed by atoms with E-state index in [4.69, 9.17) is 5.84 Å². The van der Waals surface area contributed by atoms with Gasteiger partial charge in [-0.3, -0.25) is 14.3 Å². The molecule has 0 radical (unpaired) electrons. The number of aromatic nitrogens is 4. The summed E-state index contributed by atoms with van der Waals surface area (Å²) >= 11 is 0. The highest BCUT2D eigenvalue weighted by Crippen LogP contribution is 2.10. The fraction of sp³-hybridized carbons (Fsp3) is 0.0769. The molecule has 0 saturated carbocycles. The Kier molecular flexibility index (Phi) is 3.10. The number of nitrogens with one attached hydrogen (secondary N) is 1. The van der Waals surface area contributed by atoms with Gasteiger partial charge in [-0.2, -0.15) is 0 Å². The van der Waals surface area contributed by atoms with Crippen molar-refractivity contribution >= 4 is 16.9 Å². The van der Waals surface area contributed by atoms with E-state index in [0.29, 0.717) is 18.1 Å². The number of hydrazine groups is 1. The summed E-state index contributed by atoms with van der Waals surface area (Å²) < 4.78 is 1.61. The van der Waals surface area contributed by atoms with Crippen LogP contribution in [0.3, 0.4) is 0 Å². The van der Waals surface area contributed by atoms with Gasteiger partial charge in [-0.1, -0.05) is 12.1 Å². The van der Waals surface area contributed by atoms with Crippen molar-refractivity contribution in [2.45, 2.75) is 6.54 Å². The topological polar surface area (TPSA) is 98.7 Å². The van der Waals surface area contributed by atoms with Crippen LogP contribution in [0.1, 0.15) is 5.69 Å². The van der Waals surface area contributed by atoms with Gasteiger partial charge < -0.3 is 5.43 Å². The Morgan fingerprint density at radius 3 is 2.70 bits per heavy atom. The van der Waals surface area contributed by atoms with Gasteiger partial charge in [0.2, 0.25) is 0 Å². The highest BCUT2D eigenvalue weighted by Gasteiger charge is 2.05. The number of benzene rings is 1. The molecule has 3 rings (SSSR count). The van der Waals surface area contributed by atoms with E-state index < -0.39 is 0 Å². The predicted octanol–water partition coefficient (Wildman–Crippen LogP) is 0.520. The molecule has 0 aliphatic heterocycles. The van der Waals surface area contributed by atoms with Gasteiger partial charge in [0.15, 0.2) is 5.82 Å². The van der Waals surface area contributed by atoms with Crippen LogP contribution in [-0.4, -0.2) is 19.5 Å². The first kappa shape index (κ1) is 12.2. The summed E-state index contributed by atoms with van der Waals surface area (Å²) in [5, 5.41) is 0. The first-order chi connectivity index (χ1) is 9.78.